The summed E-state index contributed by atoms with van der Waals surface area (Å²) in [5, 5.41) is 7.28. The van der Waals surface area contributed by atoms with E-state index < -0.39 is 16.1 Å². The van der Waals surface area contributed by atoms with Crippen molar-refractivity contribution < 1.29 is 17.9 Å². The number of halogens is 1. The van der Waals surface area contributed by atoms with Gasteiger partial charge in [-0.15, -0.1) is 0 Å². The van der Waals surface area contributed by atoms with E-state index in [4.69, 9.17) is 22.1 Å². The second kappa shape index (κ2) is 12.7. The summed E-state index contributed by atoms with van der Waals surface area (Å²) in [6.07, 6.45) is 4.61. The molecule has 3 heterocycles. The van der Waals surface area contributed by atoms with Crippen molar-refractivity contribution in [2.75, 3.05) is 37.4 Å². The van der Waals surface area contributed by atoms with Crippen LogP contribution >= 0.6 is 11.6 Å². The minimum absolute atomic E-state index is 0.0989. The molecule has 0 saturated carbocycles. The summed E-state index contributed by atoms with van der Waals surface area (Å²) < 4.78 is 33.0. The molecular formula is C29H39ClN4O4S. The van der Waals surface area contributed by atoms with Crippen LogP contribution in [-0.4, -0.2) is 68.8 Å². The molecule has 0 aliphatic carbocycles. The van der Waals surface area contributed by atoms with Crippen LogP contribution in [0.5, 0.6) is 0 Å². The lowest BCUT2D eigenvalue weighted by molar-refractivity contribution is -0.118. The van der Waals surface area contributed by atoms with Crippen molar-refractivity contribution in [2.24, 2.45) is 11.7 Å². The standard InChI is InChI=1S/C29H39ClN4O4S/c30-23-10-7-21(8-11-23)27(22-13-15-38-16-14-22)28(31)29(35)33-26-6-2-1-4-20(26)9-12-25-18-32-24-5-3-17-39(36,37)34(25)19-24/h1-2,4,6-8,10-11,22,24-25,27-28,32H,3,5,9,12-19,31H2,(H,33,35)/t24-,25+,27+,28+/m1/s1. The van der Waals surface area contributed by atoms with E-state index in [2.05, 4.69) is 10.6 Å². The fraction of sp³-hybridized carbons (Fsp3) is 0.552. The van der Waals surface area contributed by atoms with E-state index in [1.54, 1.807) is 4.31 Å². The van der Waals surface area contributed by atoms with Crippen molar-refractivity contribution in [1.29, 1.82) is 0 Å². The zero-order valence-electron chi connectivity index (χ0n) is 22.2. The summed E-state index contributed by atoms with van der Waals surface area (Å²) in [5.41, 5.74) is 9.38. The van der Waals surface area contributed by atoms with Gasteiger partial charge >= 0.3 is 0 Å². The zero-order valence-corrected chi connectivity index (χ0v) is 23.8. The third-order valence-electron chi connectivity index (χ3n) is 8.50. The third-order valence-corrected chi connectivity index (χ3v) is 10.7. The summed E-state index contributed by atoms with van der Waals surface area (Å²) in [5.74, 6) is 0.0572. The molecular weight excluding hydrogens is 536 g/mol. The molecule has 2 aromatic rings. The van der Waals surface area contributed by atoms with E-state index in [1.807, 2.05) is 48.5 Å². The largest absolute Gasteiger partial charge is 0.381 e. The lowest BCUT2D eigenvalue weighted by Gasteiger charge is -2.37. The SMILES string of the molecule is N[C@H](C(=O)Nc1ccccc1CC[C@H]1CN[C@@H]2CCCS(=O)(=O)N1C2)[C@@H](c1ccc(Cl)cc1)C1CCOCC1. The summed E-state index contributed by atoms with van der Waals surface area (Å²) in [7, 11) is -3.25. The number of nitrogens with two attached hydrogens (primary N) is 1. The molecule has 5 atom stereocenters. The Morgan fingerprint density at radius 1 is 1.13 bits per heavy atom. The maximum Gasteiger partial charge on any atom is 0.241 e. The maximum atomic E-state index is 13.6. The highest BCUT2D eigenvalue weighted by atomic mass is 35.5. The number of ether oxygens (including phenoxy) is 1. The number of aryl methyl sites for hydroxylation is 1. The molecule has 8 nitrogen and oxygen atoms in total. The first-order valence-corrected chi connectivity index (χ1v) is 16.0. The van der Waals surface area contributed by atoms with Gasteiger partial charge in [0.25, 0.3) is 0 Å². The predicted molar refractivity (Wildman–Crippen MR) is 154 cm³/mol. The highest BCUT2D eigenvalue weighted by Crippen LogP contribution is 2.35. The molecule has 0 radical (unpaired) electrons. The van der Waals surface area contributed by atoms with Crippen molar-refractivity contribution >= 4 is 33.2 Å². The van der Waals surface area contributed by atoms with Gasteiger partial charge in [0.2, 0.25) is 15.9 Å². The number of para-hydroxylation sites is 1. The zero-order chi connectivity index (χ0) is 27.4. The Labute approximate surface area is 236 Å². The van der Waals surface area contributed by atoms with E-state index in [0.29, 0.717) is 50.6 Å². The summed E-state index contributed by atoms with van der Waals surface area (Å²) >= 11 is 6.14. The molecule has 1 amide bonds. The minimum atomic E-state index is -3.25. The molecule has 3 aliphatic heterocycles. The first kappa shape index (κ1) is 28.5. The van der Waals surface area contributed by atoms with Gasteiger partial charge in [0.15, 0.2) is 0 Å². The second-order valence-electron chi connectivity index (χ2n) is 11.0. The minimum Gasteiger partial charge on any atom is -0.381 e. The number of carbonyl (C=O) groups excluding carboxylic acids is 1. The summed E-state index contributed by atoms with van der Waals surface area (Å²) in [6.45, 7) is 2.51. The monoisotopic (exact) mass is 574 g/mol. The molecule has 3 saturated heterocycles. The number of fused-ring (bicyclic) bond motifs is 2. The van der Waals surface area contributed by atoms with Crippen LogP contribution in [0.2, 0.25) is 5.02 Å². The van der Waals surface area contributed by atoms with Gasteiger partial charge in [0.05, 0.1) is 11.8 Å². The molecule has 2 bridgehead atoms. The normalized spacial score (nSPS) is 26.8. The number of amides is 1. The number of carbonyl (C=O) groups is 1. The van der Waals surface area contributed by atoms with E-state index in [1.165, 1.54) is 0 Å². The Morgan fingerprint density at radius 3 is 2.64 bits per heavy atom. The number of hydrogen-bond acceptors (Lipinski definition) is 6. The number of nitrogens with one attached hydrogen (secondary N) is 2. The van der Waals surface area contributed by atoms with Gasteiger partial charge < -0.3 is 21.1 Å². The van der Waals surface area contributed by atoms with Crippen LogP contribution in [0.25, 0.3) is 0 Å². The smallest absolute Gasteiger partial charge is 0.241 e. The summed E-state index contributed by atoms with van der Waals surface area (Å²) in [6, 6.07) is 14.7. The average molecular weight is 575 g/mol. The molecule has 3 fully saturated rings. The maximum absolute atomic E-state index is 13.6. The quantitative estimate of drug-likeness (QED) is 0.445. The first-order chi connectivity index (χ1) is 18.8. The molecule has 0 spiro atoms. The molecule has 4 N–H and O–H groups in total. The van der Waals surface area contributed by atoms with Gasteiger partial charge in [0, 0.05) is 55.0 Å². The third kappa shape index (κ3) is 6.84. The predicted octanol–water partition coefficient (Wildman–Crippen LogP) is 3.51. The Morgan fingerprint density at radius 2 is 1.87 bits per heavy atom. The Balaban J connectivity index is 1.29. The summed E-state index contributed by atoms with van der Waals surface area (Å²) in [4.78, 5) is 13.6. The topological polar surface area (TPSA) is 114 Å². The van der Waals surface area contributed by atoms with Crippen LogP contribution in [0.1, 0.15) is 49.1 Å². The van der Waals surface area contributed by atoms with Crippen LogP contribution in [0.15, 0.2) is 48.5 Å². The van der Waals surface area contributed by atoms with Gasteiger partial charge in [-0.1, -0.05) is 41.9 Å². The lowest BCUT2D eigenvalue weighted by Crippen LogP contribution is -2.57. The van der Waals surface area contributed by atoms with Crippen LogP contribution < -0.4 is 16.4 Å². The number of sulfonamides is 1. The van der Waals surface area contributed by atoms with Crippen LogP contribution in [0, 0.1) is 5.92 Å². The van der Waals surface area contributed by atoms with Crippen LogP contribution in [0.3, 0.4) is 0 Å². The van der Waals surface area contributed by atoms with Gasteiger partial charge in [-0.05, 0) is 73.8 Å². The Bertz CT molecular complexity index is 1240. The molecule has 5 rings (SSSR count). The Kier molecular flexibility index (Phi) is 9.26. The number of hydrogen-bond donors (Lipinski definition) is 3. The number of benzene rings is 2. The van der Waals surface area contributed by atoms with E-state index in [0.717, 1.165) is 36.1 Å². The first-order valence-electron chi connectivity index (χ1n) is 14.0. The Hall–Kier alpha value is -2.01. The van der Waals surface area contributed by atoms with Crippen molar-refractivity contribution in [3.8, 4) is 0 Å². The molecule has 212 valence electrons. The van der Waals surface area contributed by atoms with Crippen LogP contribution in [0.4, 0.5) is 5.69 Å². The van der Waals surface area contributed by atoms with Crippen molar-refractivity contribution in [1.82, 2.24) is 9.62 Å². The fourth-order valence-electron chi connectivity index (χ4n) is 6.34. The average Bonchev–Trinajstić information content (AvgIpc) is 3.06. The fourth-order valence-corrected chi connectivity index (χ4v) is 8.27. The molecule has 3 aliphatic rings. The highest BCUT2D eigenvalue weighted by Gasteiger charge is 2.38. The molecule has 0 aromatic heterocycles. The van der Waals surface area contributed by atoms with Gasteiger partial charge in [-0.3, -0.25) is 4.79 Å². The molecule has 10 heteroatoms. The van der Waals surface area contributed by atoms with E-state index in [-0.39, 0.29) is 35.6 Å². The van der Waals surface area contributed by atoms with E-state index in [9.17, 15) is 13.2 Å². The number of piperazine rings is 1. The lowest BCUT2D eigenvalue weighted by atomic mass is 9.76. The molecule has 1 unspecified atom stereocenters. The van der Waals surface area contributed by atoms with Crippen molar-refractivity contribution in [3.63, 3.8) is 0 Å². The van der Waals surface area contributed by atoms with Gasteiger partial charge in [-0.25, -0.2) is 8.42 Å². The number of nitrogens with zero attached hydrogens (tertiary/aromatic N) is 1. The van der Waals surface area contributed by atoms with Crippen LogP contribution in [-0.2, 0) is 26.0 Å². The van der Waals surface area contributed by atoms with Crippen molar-refractivity contribution in [2.45, 2.75) is 62.6 Å². The number of rotatable bonds is 8. The van der Waals surface area contributed by atoms with Gasteiger partial charge in [-0.2, -0.15) is 4.31 Å². The van der Waals surface area contributed by atoms with Crippen molar-refractivity contribution in [3.05, 3.63) is 64.7 Å². The second-order valence-corrected chi connectivity index (χ2v) is 13.5. The van der Waals surface area contributed by atoms with Gasteiger partial charge in [0.1, 0.15) is 0 Å². The molecule has 2 aromatic carbocycles. The number of anilines is 1. The van der Waals surface area contributed by atoms with E-state index >= 15 is 0 Å². The highest BCUT2D eigenvalue weighted by molar-refractivity contribution is 7.89. The molecule has 39 heavy (non-hydrogen) atoms.